The molecule has 2 aromatic rings. The SMILES string of the molecule is CC(C)(O)c1cc(Br)cc2c1ncn2COCC[Si](C)(C)C. The second-order valence-electron chi connectivity index (χ2n) is 7.44. The van der Waals surface area contributed by atoms with Crippen LogP contribution in [-0.2, 0) is 17.1 Å². The quantitative estimate of drug-likeness (QED) is 0.595. The minimum Gasteiger partial charge on any atom is -0.386 e. The lowest BCUT2D eigenvalue weighted by atomic mass is 9.97. The monoisotopic (exact) mass is 384 g/mol. The van der Waals surface area contributed by atoms with E-state index in [0.717, 1.165) is 33.7 Å². The van der Waals surface area contributed by atoms with E-state index in [1.54, 1.807) is 20.2 Å². The zero-order valence-corrected chi connectivity index (χ0v) is 16.6. The van der Waals surface area contributed by atoms with Crippen LogP contribution in [0, 0.1) is 0 Å². The molecule has 0 atom stereocenters. The molecule has 0 spiro atoms. The van der Waals surface area contributed by atoms with E-state index in [0.29, 0.717) is 6.73 Å². The summed E-state index contributed by atoms with van der Waals surface area (Å²) in [5.41, 5.74) is 1.68. The van der Waals surface area contributed by atoms with Gasteiger partial charge in [0.05, 0.1) is 23.0 Å². The molecule has 1 aromatic carbocycles. The van der Waals surface area contributed by atoms with E-state index in [-0.39, 0.29) is 0 Å². The molecule has 1 N–H and O–H groups in total. The summed E-state index contributed by atoms with van der Waals surface area (Å²) >= 11 is 3.52. The number of fused-ring (bicyclic) bond motifs is 1. The average molecular weight is 385 g/mol. The highest BCUT2D eigenvalue weighted by molar-refractivity contribution is 9.10. The summed E-state index contributed by atoms with van der Waals surface area (Å²) in [4.78, 5) is 4.46. The van der Waals surface area contributed by atoms with Crippen molar-refractivity contribution in [2.24, 2.45) is 0 Å². The molecule has 1 heterocycles. The molecule has 0 aliphatic rings. The van der Waals surface area contributed by atoms with Gasteiger partial charge in [-0.15, -0.1) is 0 Å². The van der Waals surface area contributed by atoms with Crippen molar-refractivity contribution >= 4 is 35.0 Å². The van der Waals surface area contributed by atoms with Gasteiger partial charge in [0.2, 0.25) is 0 Å². The fraction of sp³-hybridized carbons (Fsp3) is 0.562. The van der Waals surface area contributed by atoms with E-state index >= 15 is 0 Å². The van der Waals surface area contributed by atoms with E-state index in [1.165, 1.54) is 0 Å². The van der Waals surface area contributed by atoms with Crippen molar-refractivity contribution in [3.63, 3.8) is 0 Å². The molecule has 0 bridgehead atoms. The maximum atomic E-state index is 10.3. The third-order valence-electron chi connectivity index (χ3n) is 3.58. The van der Waals surface area contributed by atoms with Crippen molar-refractivity contribution in [2.45, 2.75) is 51.9 Å². The Labute approximate surface area is 141 Å². The first-order valence-electron chi connectivity index (χ1n) is 7.53. The molecule has 22 heavy (non-hydrogen) atoms. The van der Waals surface area contributed by atoms with Gasteiger partial charge in [0.1, 0.15) is 6.73 Å². The lowest BCUT2D eigenvalue weighted by Crippen LogP contribution is -2.22. The highest BCUT2D eigenvalue weighted by Crippen LogP contribution is 2.31. The Kier molecular flexibility index (Phi) is 5.16. The highest BCUT2D eigenvalue weighted by Gasteiger charge is 2.22. The van der Waals surface area contributed by atoms with Crippen molar-refractivity contribution in [2.75, 3.05) is 6.61 Å². The number of imidazole rings is 1. The average Bonchev–Trinajstić information content (AvgIpc) is 2.74. The smallest absolute Gasteiger partial charge is 0.124 e. The van der Waals surface area contributed by atoms with Gasteiger partial charge in [-0.3, -0.25) is 0 Å². The number of hydrogen-bond acceptors (Lipinski definition) is 3. The van der Waals surface area contributed by atoms with Crippen LogP contribution in [0.15, 0.2) is 22.9 Å². The summed E-state index contributed by atoms with van der Waals surface area (Å²) in [7, 11) is -1.07. The number of aromatic nitrogens is 2. The normalized spacial score (nSPS) is 13.0. The Morgan fingerprint density at radius 2 is 2.00 bits per heavy atom. The fourth-order valence-corrected chi connectivity index (χ4v) is 3.44. The molecule has 122 valence electrons. The number of benzene rings is 1. The van der Waals surface area contributed by atoms with E-state index in [4.69, 9.17) is 4.74 Å². The van der Waals surface area contributed by atoms with Gasteiger partial charge < -0.3 is 14.4 Å². The standard InChI is InChI=1S/C16H25BrN2O2Si/c1-16(2,20)13-8-12(17)9-14-15(13)18-10-19(14)11-21-6-7-22(3,4)5/h8-10,20H,6-7,11H2,1-5H3. The minimum absolute atomic E-state index is 0.489. The van der Waals surface area contributed by atoms with Gasteiger partial charge in [-0.25, -0.2) is 4.98 Å². The topological polar surface area (TPSA) is 47.3 Å². The lowest BCUT2D eigenvalue weighted by molar-refractivity contribution is 0.0798. The third-order valence-corrected chi connectivity index (χ3v) is 5.74. The lowest BCUT2D eigenvalue weighted by Gasteiger charge is -2.19. The van der Waals surface area contributed by atoms with Crippen LogP contribution in [0.2, 0.25) is 25.7 Å². The van der Waals surface area contributed by atoms with Crippen molar-refractivity contribution in [3.8, 4) is 0 Å². The van der Waals surface area contributed by atoms with Gasteiger partial charge >= 0.3 is 0 Å². The molecule has 0 saturated heterocycles. The number of rotatable bonds is 6. The van der Waals surface area contributed by atoms with Crippen LogP contribution < -0.4 is 0 Å². The van der Waals surface area contributed by atoms with Crippen molar-refractivity contribution in [1.29, 1.82) is 0 Å². The second kappa shape index (κ2) is 6.43. The van der Waals surface area contributed by atoms with Gasteiger partial charge in [0.15, 0.2) is 0 Å². The van der Waals surface area contributed by atoms with Crippen LogP contribution in [0.4, 0.5) is 0 Å². The fourth-order valence-electron chi connectivity index (χ4n) is 2.24. The summed E-state index contributed by atoms with van der Waals surface area (Å²) in [6.45, 7) is 11.8. The summed E-state index contributed by atoms with van der Waals surface area (Å²) < 4.78 is 8.72. The molecule has 0 radical (unpaired) electrons. The number of nitrogens with zero attached hydrogens (tertiary/aromatic N) is 2. The van der Waals surface area contributed by atoms with Crippen LogP contribution in [0.1, 0.15) is 19.4 Å². The first-order valence-corrected chi connectivity index (χ1v) is 12.0. The second-order valence-corrected chi connectivity index (χ2v) is 14.0. The Hall–Kier alpha value is -0.693. The summed E-state index contributed by atoms with van der Waals surface area (Å²) in [6, 6.07) is 5.09. The summed E-state index contributed by atoms with van der Waals surface area (Å²) in [6.07, 6.45) is 1.78. The number of hydrogen-bond donors (Lipinski definition) is 1. The van der Waals surface area contributed by atoms with Crippen LogP contribution in [-0.4, -0.2) is 29.3 Å². The van der Waals surface area contributed by atoms with Crippen molar-refractivity contribution in [1.82, 2.24) is 9.55 Å². The van der Waals surface area contributed by atoms with Gasteiger partial charge in [-0.05, 0) is 32.0 Å². The molecule has 0 aliphatic carbocycles. The van der Waals surface area contributed by atoms with E-state index in [9.17, 15) is 5.11 Å². The Balaban J connectivity index is 2.21. The van der Waals surface area contributed by atoms with Crippen LogP contribution in [0.25, 0.3) is 11.0 Å². The van der Waals surface area contributed by atoms with Crippen molar-refractivity contribution < 1.29 is 9.84 Å². The Morgan fingerprint density at radius 3 is 2.59 bits per heavy atom. The largest absolute Gasteiger partial charge is 0.386 e. The Morgan fingerprint density at radius 1 is 1.32 bits per heavy atom. The molecule has 0 fully saturated rings. The van der Waals surface area contributed by atoms with Gasteiger partial charge in [0, 0.05) is 24.7 Å². The first kappa shape index (κ1) is 17.7. The molecular weight excluding hydrogens is 360 g/mol. The molecular formula is C16H25BrN2O2Si. The zero-order chi connectivity index (χ0) is 16.5. The third kappa shape index (κ3) is 4.41. The van der Waals surface area contributed by atoms with Crippen LogP contribution >= 0.6 is 15.9 Å². The van der Waals surface area contributed by atoms with Crippen LogP contribution in [0.5, 0.6) is 0 Å². The van der Waals surface area contributed by atoms with Gasteiger partial charge in [-0.1, -0.05) is 35.6 Å². The summed E-state index contributed by atoms with van der Waals surface area (Å²) in [5, 5.41) is 10.3. The predicted molar refractivity (Wildman–Crippen MR) is 96.8 cm³/mol. The van der Waals surface area contributed by atoms with E-state index < -0.39 is 13.7 Å². The predicted octanol–water partition coefficient (Wildman–Crippen LogP) is 4.34. The highest BCUT2D eigenvalue weighted by atomic mass is 79.9. The Bertz CT molecular complexity index is 656. The van der Waals surface area contributed by atoms with Gasteiger partial charge in [0.25, 0.3) is 0 Å². The number of halogens is 1. The van der Waals surface area contributed by atoms with Crippen molar-refractivity contribution in [3.05, 3.63) is 28.5 Å². The molecule has 0 aliphatic heterocycles. The van der Waals surface area contributed by atoms with E-state index in [1.807, 2.05) is 16.7 Å². The first-order chi connectivity index (χ1) is 10.1. The van der Waals surface area contributed by atoms with Crippen LogP contribution in [0.3, 0.4) is 0 Å². The maximum Gasteiger partial charge on any atom is 0.124 e. The molecule has 4 nitrogen and oxygen atoms in total. The number of aliphatic hydroxyl groups is 1. The number of ether oxygens (including phenoxy) is 1. The molecule has 6 heteroatoms. The molecule has 2 rings (SSSR count). The summed E-state index contributed by atoms with van der Waals surface area (Å²) in [5.74, 6) is 0. The molecule has 0 unspecified atom stereocenters. The maximum absolute atomic E-state index is 10.3. The van der Waals surface area contributed by atoms with Gasteiger partial charge in [-0.2, -0.15) is 0 Å². The van der Waals surface area contributed by atoms with E-state index in [2.05, 4.69) is 40.6 Å². The zero-order valence-electron chi connectivity index (χ0n) is 14.0. The minimum atomic E-state index is -1.07. The molecule has 0 amide bonds. The molecule has 1 aromatic heterocycles. The molecule has 0 saturated carbocycles.